The van der Waals surface area contributed by atoms with Crippen LogP contribution in [0.2, 0.25) is 0 Å². The van der Waals surface area contributed by atoms with E-state index in [4.69, 9.17) is 10.5 Å². The van der Waals surface area contributed by atoms with Gasteiger partial charge >= 0.3 is 0 Å². The predicted molar refractivity (Wildman–Crippen MR) is 77.4 cm³/mol. The largest absolute Gasteiger partial charge is 0.490 e. The molecule has 2 unspecified atom stereocenters. The van der Waals surface area contributed by atoms with Gasteiger partial charge in [0.15, 0.2) is 0 Å². The number of nitrogens with two attached hydrogens (primary N) is 1. The highest BCUT2D eigenvalue weighted by Crippen LogP contribution is 2.32. The van der Waals surface area contributed by atoms with Crippen LogP contribution in [-0.4, -0.2) is 12.6 Å². The maximum atomic E-state index is 6.01. The second-order valence-corrected chi connectivity index (χ2v) is 5.13. The highest BCUT2D eigenvalue weighted by molar-refractivity contribution is 5.37. The normalized spacial score (nSPS) is 18.7. The topological polar surface area (TPSA) is 35.2 Å². The quantitative estimate of drug-likeness (QED) is 0.908. The molecule has 0 aromatic heterocycles. The summed E-state index contributed by atoms with van der Waals surface area (Å²) in [6, 6.07) is 18.8. The predicted octanol–water partition coefficient (Wildman–Crippen LogP) is 3.12. The Bertz CT molecular complexity index is 513. The molecule has 2 N–H and O–H groups in total. The zero-order valence-electron chi connectivity index (χ0n) is 11.0. The number of rotatable bonds is 4. The van der Waals surface area contributed by atoms with E-state index in [2.05, 4.69) is 42.5 Å². The molecule has 1 heterocycles. The Kier molecular flexibility index (Phi) is 3.51. The van der Waals surface area contributed by atoms with Gasteiger partial charge in [-0.2, -0.15) is 0 Å². The van der Waals surface area contributed by atoms with E-state index in [9.17, 15) is 0 Å². The zero-order chi connectivity index (χ0) is 13.1. The average molecular weight is 253 g/mol. The number of benzene rings is 2. The summed E-state index contributed by atoms with van der Waals surface area (Å²) in [7, 11) is 0. The summed E-state index contributed by atoms with van der Waals surface area (Å²) < 4.78 is 6.01. The van der Waals surface area contributed by atoms with E-state index in [1.165, 1.54) is 11.1 Å². The van der Waals surface area contributed by atoms with Crippen molar-refractivity contribution < 1.29 is 4.74 Å². The minimum atomic E-state index is 0.256. The molecule has 0 spiro atoms. The van der Waals surface area contributed by atoms with Gasteiger partial charge in [0.05, 0.1) is 0 Å². The summed E-state index contributed by atoms with van der Waals surface area (Å²) >= 11 is 0. The molecule has 2 aromatic rings. The van der Waals surface area contributed by atoms with Crippen LogP contribution in [0.4, 0.5) is 0 Å². The van der Waals surface area contributed by atoms with Gasteiger partial charge < -0.3 is 10.5 Å². The molecule has 0 radical (unpaired) electrons. The van der Waals surface area contributed by atoms with Crippen LogP contribution in [0.1, 0.15) is 23.5 Å². The Balaban J connectivity index is 1.69. The fraction of sp³-hybridized carbons (Fsp3) is 0.294. The molecule has 0 saturated carbocycles. The summed E-state index contributed by atoms with van der Waals surface area (Å²) in [4.78, 5) is 0. The molecule has 98 valence electrons. The van der Waals surface area contributed by atoms with Gasteiger partial charge in [-0.1, -0.05) is 48.5 Å². The Morgan fingerprint density at radius 1 is 1.05 bits per heavy atom. The molecule has 1 aliphatic rings. The molecule has 2 atom stereocenters. The number of hydrogen-bond acceptors (Lipinski definition) is 2. The van der Waals surface area contributed by atoms with Gasteiger partial charge in [-0.3, -0.25) is 0 Å². The van der Waals surface area contributed by atoms with E-state index in [0.717, 1.165) is 18.6 Å². The summed E-state index contributed by atoms with van der Waals surface area (Å²) in [6.45, 7) is 0.667. The van der Waals surface area contributed by atoms with Crippen molar-refractivity contribution in [2.75, 3.05) is 6.54 Å². The van der Waals surface area contributed by atoms with E-state index < -0.39 is 0 Å². The fourth-order valence-electron chi connectivity index (χ4n) is 2.80. The second-order valence-electron chi connectivity index (χ2n) is 5.13. The molecule has 0 saturated heterocycles. The fourth-order valence-corrected chi connectivity index (χ4v) is 2.80. The summed E-state index contributed by atoms with van der Waals surface area (Å²) in [6.07, 6.45) is 2.24. The Morgan fingerprint density at radius 2 is 1.79 bits per heavy atom. The SMILES string of the molecule is NCC(CC1Cc2ccccc2O1)c1ccccc1. The minimum Gasteiger partial charge on any atom is -0.490 e. The van der Waals surface area contributed by atoms with E-state index >= 15 is 0 Å². The van der Waals surface area contributed by atoms with Crippen molar-refractivity contribution in [2.24, 2.45) is 5.73 Å². The van der Waals surface area contributed by atoms with Crippen LogP contribution in [-0.2, 0) is 6.42 Å². The highest BCUT2D eigenvalue weighted by atomic mass is 16.5. The minimum absolute atomic E-state index is 0.256. The van der Waals surface area contributed by atoms with Crippen LogP contribution < -0.4 is 10.5 Å². The molecular formula is C17H19NO. The molecule has 0 amide bonds. The van der Waals surface area contributed by atoms with Crippen molar-refractivity contribution in [1.82, 2.24) is 0 Å². The van der Waals surface area contributed by atoms with Crippen molar-refractivity contribution in [1.29, 1.82) is 0 Å². The molecule has 2 aromatic carbocycles. The molecule has 19 heavy (non-hydrogen) atoms. The van der Waals surface area contributed by atoms with Crippen LogP contribution >= 0.6 is 0 Å². The van der Waals surface area contributed by atoms with Crippen molar-refractivity contribution in [3.63, 3.8) is 0 Å². The van der Waals surface area contributed by atoms with Crippen LogP contribution in [0.15, 0.2) is 54.6 Å². The van der Waals surface area contributed by atoms with Gasteiger partial charge in [0.2, 0.25) is 0 Å². The van der Waals surface area contributed by atoms with Crippen molar-refractivity contribution in [3.05, 3.63) is 65.7 Å². The number of fused-ring (bicyclic) bond motifs is 1. The van der Waals surface area contributed by atoms with Crippen LogP contribution in [0.25, 0.3) is 0 Å². The molecule has 2 heteroatoms. The van der Waals surface area contributed by atoms with Gasteiger partial charge in [-0.05, 0) is 36.1 Å². The summed E-state index contributed by atoms with van der Waals surface area (Å²) in [5.74, 6) is 1.41. The third-order valence-electron chi connectivity index (χ3n) is 3.82. The van der Waals surface area contributed by atoms with E-state index in [1.807, 2.05) is 12.1 Å². The van der Waals surface area contributed by atoms with E-state index in [0.29, 0.717) is 12.5 Å². The number of para-hydroxylation sites is 1. The van der Waals surface area contributed by atoms with Gasteiger partial charge in [0.25, 0.3) is 0 Å². The third kappa shape index (κ3) is 2.64. The Hall–Kier alpha value is -1.80. The first kappa shape index (κ1) is 12.2. The number of hydrogen-bond donors (Lipinski definition) is 1. The highest BCUT2D eigenvalue weighted by Gasteiger charge is 2.25. The smallest absolute Gasteiger partial charge is 0.123 e. The molecule has 2 nitrogen and oxygen atoms in total. The second kappa shape index (κ2) is 5.45. The van der Waals surface area contributed by atoms with Gasteiger partial charge in [-0.15, -0.1) is 0 Å². The first-order valence-electron chi connectivity index (χ1n) is 6.86. The van der Waals surface area contributed by atoms with Crippen molar-refractivity contribution in [2.45, 2.75) is 24.9 Å². The van der Waals surface area contributed by atoms with Crippen LogP contribution in [0, 0.1) is 0 Å². The number of ether oxygens (including phenoxy) is 1. The average Bonchev–Trinajstić information content (AvgIpc) is 2.88. The molecule has 0 bridgehead atoms. The molecule has 0 aliphatic carbocycles. The standard InChI is InChI=1S/C17H19NO/c18-12-15(13-6-2-1-3-7-13)11-16-10-14-8-4-5-9-17(14)19-16/h1-9,15-16H,10-12,18H2. The lowest BCUT2D eigenvalue weighted by molar-refractivity contribution is 0.210. The van der Waals surface area contributed by atoms with Crippen LogP contribution in [0.5, 0.6) is 5.75 Å². The lowest BCUT2D eigenvalue weighted by Crippen LogP contribution is -2.22. The van der Waals surface area contributed by atoms with Gasteiger partial charge in [0.1, 0.15) is 11.9 Å². The molecular weight excluding hydrogens is 234 g/mol. The summed E-state index contributed by atoms with van der Waals surface area (Å²) in [5.41, 5.74) is 8.56. The maximum absolute atomic E-state index is 6.01. The molecule has 3 rings (SSSR count). The first-order valence-corrected chi connectivity index (χ1v) is 6.86. The third-order valence-corrected chi connectivity index (χ3v) is 3.82. The summed E-state index contributed by atoms with van der Waals surface area (Å²) in [5, 5.41) is 0. The van der Waals surface area contributed by atoms with E-state index in [1.54, 1.807) is 0 Å². The molecule has 1 aliphatic heterocycles. The van der Waals surface area contributed by atoms with Crippen LogP contribution in [0.3, 0.4) is 0 Å². The van der Waals surface area contributed by atoms with Crippen molar-refractivity contribution >= 4 is 0 Å². The first-order chi connectivity index (χ1) is 9.36. The van der Waals surface area contributed by atoms with Crippen molar-refractivity contribution in [3.8, 4) is 5.75 Å². The zero-order valence-corrected chi connectivity index (χ0v) is 11.0. The van der Waals surface area contributed by atoms with Gasteiger partial charge in [0, 0.05) is 6.42 Å². The van der Waals surface area contributed by atoms with E-state index in [-0.39, 0.29) is 6.10 Å². The molecule has 0 fully saturated rings. The Morgan fingerprint density at radius 3 is 2.53 bits per heavy atom. The Labute approximate surface area is 114 Å². The lowest BCUT2D eigenvalue weighted by atomic mass is 9.92. The van der Waals surface area contributed by atoms with Gasteiger partial charge in [-0.25, -0.2) is 0 Å². The monoisotopic (exact) mass is 253 g/mol. The maximum Gasteiger partial charge on any atom is 0.123 e. The lowest BCUT2D eigenvalue weighted by Gasteiger charge is -2.19.